The molecule has 2 rings (SSSR count). The third kappa shape index (κ3) is 2.32. The summed E-state index contributed by atoms with van der Waals surface area (Å²) in [4.78, 5) is 14.4. The molecule has 2 fully saturated rings. The average Bonchev–Trinajstić information content (AvgIpc) is 2.58. The molecule has 0 spiro atoms. The molecule has 2 atom stereocenters. The molecule has 98 valence electrons. The van der Waals surface area contributed by atoms with Gasteiger partial charge in [-0.1, -0.05) is 0 Å². The summed E-state index contributed by atoms with van der Waals surface area (Å²) in [6.45, 7) is 8.64. The number of amides is 1. The largest absolute Gasteiger partial charge is 0.379 e. The lowest BCUT2D eigenvalue weighted by atomic mass is 9.83. The fraction of sp³-hybridized carbons (Fsp3) is 0.917. The molecule has 17 heavy (non-hydrogen) atoms. The lowest BCUT2D eigenvalue weighted by Gasteiger charge is -2.41. The van der Waals surface area contributed by atoms with Crippen molar-refractivity contribution < 1.29 is 14.3 Å². The highest BCUT2D eigenvalue weighted by molar-refractivity contribution is 5.84. The monoisotopic (exact) mass is 242 g/mol. The highest BCUT2D eigenvalue weighted by Crippen LogP contribution is 2.31. The van der Waals surface area contributed by atoms with Gasteiger partial charge in [0.05, 0.1) is 30.8 Å². The Labute approximate surface area is 102 Å². The van der Waals surface area contributed by atoms with Gasteiger partial charge in [0.15, 0.2) is 0 Å². The normalized spacial score (nSPS) is 37.2. The zero-order valence-electron chi connectivity index (χ0n) is 10.9. The van der Waals surface area contributed by atoms with Gasteiger partial charge in [0.2, 0.25) is 5.91 Å². The molecule has 2 heterocycles. The van der Waals surface area contributed by atoms with Crippen molar-refractivity contribution in [1.29, 1.82) is 0 Å². The molecule has 2 aliphatic heterocycles. The summed E-state index contributed by atoms with van der Waals surface area (Å²) < 4.78 is 10.9. The molecule has 5 heteroatoms. The van der Waals surface area contributed by atoms with Gasteiger partial charge < -0.3 is 20.1 Å². The topological polar surface area (TPSA) is 64.8 Å². The quantitative estimate of drug-likeness (QED) is 0.702. The van der Waals surface area contributed by atoms with Crippen molar-refractivity contribution in [3.8, 4) is 0 Å². The predicted molar refractivity (Wildman–Crippen MR) is 63.5 cm³/mol. The van der Waals surface area contributed by atoms with E-state index < -0.39 is 5.41 Å². The molecule has 0 bridgehead atoms. The first-order valence-electron chi connectivity index (χ1n) is 6.12. The van der Waals surface area contributed by atoms with E-state index in [4.69, 9.17) is 15.2 Å². The van der Waals surface area contributed by atoms with Gasteiger partial charge in [-0.05, 0) is 20.8 Å². The molecular weight excluding hydrogens is 220 g/mol. The molecule has 0 aromatic heterocycles. The number of morpholine rings is 1. The van der Waals surface area contributed by atoms with Crippen molar-refractivity contribution in [2.75, 3.05) is 32.9 Å². The van der Waals surface area contributed by atoms with Crippen molar-refractivity contribution in [2.45, 2.75) is 32.4 Å². The second kappa shape index (κ2) is 4.23. The van der Waals surface area contributed by atoms with Crippen molar-refractivity contribution in [3.63, 3.8) is 0 Å². The number of rotatable bonds is 1. The predicted octanol–water partition coefficient (Wildman–Crippen LogP) is -0.0124. The van der Waals surface area contributed by atoms with Crippen LogP contribution in [0.4, 0.5) is 0 Å². The first-order valence-corrected chi connectivity index (χ1v) is 6.12. The molecular formula is C12H22N2O3. The van der Waals surface area contributed by atoms with Crippen LogP contribution in [0.2, 0.25) is 0 Å². The molecule has 1 amide bonds. The van der Waals surface area contributed by atoms with Gasteiger partial charge >= 0.3 is 0 Å². The van der Waals surface area contributed by atoms with Crippen LogP contribution < -0.4 is 5.73 Å². The van der Waals surface area contributed by atoms with Crippen LogP contribution in [0, 0.1) is 5.41 Å². The fourth-order valence-electron chi connectivity index (χ4n) is 2.46. The van der Waals surface area contributed by atoms with Crippen LogP contribution >= 0.6 is 0 Å². The Bertz CT molecular complexity index is 319. The summed E-state index contributed by atoms with van der Waals surface area (Å²) in [5, 5.41) is 0. The van der Waals surface area contributed by atoms with Crippen LogP contribution in [0.25, 0.3) is 0 Å². The first-order chi connectivity index (χ1) is 7.85. The molecule has 0 saturated carbocycles. The summed E-state index contributed by atoms with van der Waals surface area (Å²) in [5.41, 5.74) is 5.14. The second-order valence-corrected chi connectivity index (χ2v) is 5.87. The van der Waals surface area contributed by atoms with Crippen LogP contribution in [0.15, 0.2) is 0 Å². The Kier molecular flexibility index (Phi) is 3.18. The Balaban J connectivity index is 2.09. The third-order valence-corrected chi connectivity index (χ3v) is 3.72. The number of carbonyl (C=O) groups is 1. The number of hydrogen-bond donors (Lipinski definition) is 1. The Hall–Kier alpha value is -0.650. The van der Waals surface area contributed by atoms with Crippen molar-refractivity contribution >= 4 is 5.91 Å². The van der Waals surface area contributed by atoms with Crippen molar-refractivity contribution in [1.82, 2.24) is 4.90 Å². The standard InChI is InChI=1S/C12H22N2O3/c1-11(2)7-14(4-5-17-11)10(15)12(3)8-16-6-9(12)13/h9H,4-8,13H2,1-3H3. The molecule has 5 nitrogen and oxygen atoms in total. The maximum atomic E-state index is 12.5. The minimum atomic E-state index is -0.576. The van der Waals surface area contributed by atoms with Gasteiger partial charge in [-0.2, -0.15) is 0 Å². The zero-order valence-corrected chi connectivity index (χ0v) is 10.9. The molecule has 2 saturated heterocycles. The SMILES string of the molecule is CC1(C)CN(C(=O)C2(C)COCC2N)CCO1. The summed E-state index contributed by atoms with van der Waals surface area (Å²) in [7, 11) is 0. The average molecular weight is 242 g/mol. The van der Waals surface area contributed by atoms with E-state index in [0.717, 1.165) is 0 Å². The van der Waals surface area contributed by atoms with E-state index in [1.807, 2.05) is 25.7 Å². The van der Waals surface area contributed by atoms with Crippen molar-refractivity contribution in [3.05, 3.63) is 0 Å². The molecule has 2 aliphatic rings. The fourth-order valence-corrected chi connectivity index (χ4v) is 2.46. The number of ether oxygens (including phenoxy) is 2. The van der Waals surface area contributed by atoms with Gasteiger partial charge in [0.25, 0.3) is 0 Å². The van der Waals surface area contributed by atoms with E-state index >= 15 is 0 Å². The van der Waals surface area contributed by atoms with Crippen LogP contribution in [0.3, 0.4) is 0 Å². The zero-order chi connectivity index (χ0) is 12.7. The Morgan fingerprint density at radius 1 is 1.41 bits per heavy atom. The summed E-state index contributed by atoms with van der Waals surface area (Å²) in [5.74, 6) is 0.0962. The van der Waals surface area contributed by atoms with E-state index in [-0.39, 0.29) is 17.6 Å². The number of carbonyl (C=O) groups excluding carboxylic acids is 1. The van der Waals surface area contributed by atoms with Gasteiger partial charge in [0.1, 0.15) is 0 Å². The lowest BCUT2D eigenvalue weighted by molar-refractivity contribution is -0.155. The van der Waals surface area contributed by atoms with E-state index in [1.165, 1.54) is 0 Å². The molecule has 0 aromatic rings. The molecule has 0 radical (unpaired) electrons. The highest BCUT2D eigenvalue weighted by Gasteiger charge is 2.47. The smallest absolute Gasteiger partial charge is 0.232 e. The van der Waals surface area contributed by atoms with Crippen LogP contribution in [0.5, 0.6) is 0 Å². The van der Waals surface area contributed by atoms with Gasteiger partial charge in [-0.25, -0.2) is 0 Å². The molecule has 0 aromatic carbocycles. The highest BCUT2D eigenvalue weighted by atomic mass is 16.5. The maximum Gasteiger partial charge on any atom is 0.232 e. The molecule has 0 aliphatic carbocycles. The van der Waals surface area contributed by atoms with Gasteiger partial charge in [0, 0.05) is 19.1 Å². The lowest BCUT2D eigenvalue weighted by Crippen LogP contribution is -2.57. The summed E-state index contributed by atoms with van der Waals surface area (Å²) >= 11 is 0. The molecule has 2 unspecified atom stereocenters. The van der Waals surface area contributed by atoms with E-state index in [1.54, 1.807) is 0 Å². The molecule has 2 N–H and O–H groups in total. The summed E-state index contributed by atoms with van der Waals surface area (Å²) in [6.07, 6.45) is 0. The first kappa shape index (κ1) is 12.8. The Morgan fingerprint density at radius 2 is 2.12 bits per heavy atom. The minimum absolute atomic E-state index is 0.0962. The van der Waals surface area contributed by atoms with E-state index in [2.05, 4.69) is 0 Å². The second-order valence-electron chi connectivity index (χ2n) is 5.87. The van der Waals surface area contributed by atoms with E-state index in [0.29, 0.717) is 32.9 Å². The third-order valence-electron chi connectivity index (χ3n) is 3.72. The maximum absolute atomic E-state index is 12.5. The van der Waals surface area contributed by atoms with Crippen LogP contribution in [-0.2, 0) is 14.3 Å². The van der Waals surface area contributed by atoms with Crippen LogP contribution in [-0.4, -0.2) is 55.4 Å². The van der Waals surface area contributed by atoms with Gasteiger partial charge in [-0.15, -0.1) is 0 Å². The number of nitrogens with zero attached hydrogens (tertiary/aromatic N) is 1. The minimum Gasteiger partial charge on any atom is -0.379 e. The Morgan fingerprint density at radius 3 is 2.65 bits per heavy atom. The number of hydrogen-bond acceptors (Lipinski definition) is 4. The van der Waals surface area contributed by atoms with Gasteiger partial charge in [-0.3, -0.25) is 4.79 Å². The summed E-state index contributed by atoms with van der Waals surface area (Å²) in [6, 6.07) is -0.207. The van der Waals surface area contributed by atoms with Crippen molar-refractivity contribution in [2.24, 2.45) is 11.1 Å². The number of nitrogens with two attached hydrogens (primary N) is 1. The van der Waals surface area contributed by atoms with E-state index in [9.17, 15) is 4.79 Å². The van der Waals surface area contributed by atoms with Crippen LogP contribution in [0.1, 0.15) is 20.8 Å².